The minimum atomic E-state index is -1.29. The van der Waals surface area contributed by atoms with Crippen molar-refractivity contribution in [3.05, 3.63) is 39.9 Å². The van der Waals surface area contributed by atoms with Gasteiger partial charge in [0, 0.05) is 43.3 Å². The van der Waals surface area contributed by atoms with Gasteiger partial charge in [0.25, 0.3) is 0 Å². The number of fused-ring (bicyclic) bond motifs is 3. The molecule has 0 radical (unpaired) electrons. The molecule has 2 aliphatic rings. The van der Waals surface area contributed by atoms with Crippen LogP contribution < -0.4 is 10.3 Å². The number of carboxylic acids is 1. The number of nitrogens with zero attached hydrogens (tertiary/aromatic N) is 3. The van der Waals surface area contributed by atoms with Gasteiger partial charge < -0.3 is 14.6 Å². The molecule has 1 N–H and O–H groups in total. The lowest BCUT2D eigenvalue weighted by molar-refractivity contribution is 0.0695. The second kappa shape index (κ2) is 6.64. The van der Waals surface area contributed by atoms with E-state index in [9.17, 15) is 19.1 Å². The van der Waals surface area contributed by atoms with Crippen LogP contribution in [0.15, 0.2) is 23.1 Å². The highest BCUT2D eigenvalue weighted by atomic mass is 19.1. The molecule has 0 saturated carbocycles. The first-order valence-corrected chi connectivity index (χ1v) is 9.47. The van der Waals surface area contributed by atoms with E-state index in [2.05, 4.69) is 16.8 Å². The Morgan fingerprint density at radius 1 is 1.26 bits per heavy atom. The number of anilines is 1. The van der Waals surface area contributed by atoms with E-state index in [-0.39, 0.29) is 10.9 Å². The second-order valence-electron chi connectivity index (χ2n) is 7.57. The quantitative estimate of drug-likeness (QED) is 0.896. The van der Waals surface area contributed by atoms with Gasteiger partial charge in [0.05, 0.1) is 11.2 Å². The minimum Gasteiger partial charge on any atom is -0.477 e. The SMILES string of the molecule is CCn1cc(C(=O)O)c(=O)c2cc(F)c(N3CC[C@H]4CC[C@@H](C3)N4C)cc21. The van der Waals surface area contributed by atoms with Gasteiger partial charge >= 0.3 is 5.97 Å². The van der Waals surface area contributed by atoms with E-state index in [0.29, 0.717) is 29.8 Å². The van der Waals surface area contributed by atoms with Gasteiger partial charge in [-0.15, -0.1) is 0 Å². The zero-order valence-corrected chi connectivity index (χ0v) is 15.6. The Bertz CT molecular complexity index is 971. The molecule has 2 saturated heterocycles. The largest absolute Gasteiger partial charge is 0.477 e. The van der Waals surface area contributed by atoms with Gasteiger partial charge in [-0.25, -0.2) is 9.18 Å². The molecule has 2 atom stereocenters. The van der Waals surface area contributed by atoms with Gasteiger partial charge in [0.1, 0.15) is 11.4 Å². The molecule has 2 aromatic rings. The van der Waals surface area contributed by atoms with E-state index in [1.54, 1.807) is 10.6 Å². The molecule has 1 aromatic carbocycles. The summed E-state index contributed by atoms with van der Waals surface area (Å²) in [5.41, 5.74) is 0.104. The smallest absolute Gasteiger partial charge is 0.341 e. The number of hydrogen-bond donors (Lipinski definition) is 1. The summed E-state index contributed by atoms with van der Waals surface area (Å²) in [5.74, 6) is -1.76. The average Bonchev–Trinajstić information content (AvgIpc) is 2.88. The molecule has 2 fully saturated rings. The maximum Gasteiger partial charge on any atom is 0.341 e. The van der Waals surface area contributed by atoms with Crippen LogP contribution >= 0.6 is 0 Å². The van der Waals surface area contributed by atoms with Crippen molar-refractivity contribution in [2.45, 2.75) is 44.8 Å². The third-order valence-corrected chi connectivity index (χ3v) is 6.21. The van der Waals surface area contributed by atoms with Crippen LogP contribution in [0, 0.1) is 5.82 Å². The number of likely N-dealkylation sites (N-methyl/N-ethyl adjacent to an activating group) is 1. The van der Waals surface area contributed by atoms with Crippen molar-refractivity contribution in [2.24, 2.45) is 0 Å². The number of pyridine rings is 1. The van der Waals surface area contributed by atoms with Crippen molar-refractivity contribution in [1.29, 1.82) is 0 Å². The van der Waals surface area contributed by atoms with Crippen molar-refractivity contribution in [1.82, 2.24) is 9.47 Å². The molecular weight excluding hydrogens is 349 g/mol. The number of carboxylic acid groups (broad SMARTS) is 1. The molecule has 0 amide bonds. The van der Waals surface area contributed by atoms with Crippen LogP contribution in [-0.2, 0) is 6.54 Å². The van der Waals surface area contributed by atoms with Gasteiger partial charge in [-0.2, -0.15) is 0 Å². The van der Waals surface area contributed by atoms with Crippen LogP contribution in [0.3, 0.4) is 0 Å². The van der Waals surface area contributed by atoms with Crippen molar-refractivity contribution in [2.75, 3.05) is 25.0 Å². The molecule has 0 aliphatic carbocycles. The van der Waals surface area contributed by atoms with Crippen molar-refractivity contribution in [3.8, 4) is 0 Å². The second-order valence-corrected chi connectivity index (χ2v) is 7.57. The third-order valence-electron chi connectivity index (χ3n) is 6.21. The average molecular weight is 373 g/mol. The molecule has 7 heteroatoms. The Balaban J connectivity index is 1.83. The highest BCUT2D eigenvalue weighted by molar-refractivity contribution is 5.93. The van der Waals surface area contributed by atoms with E-state index in [1.165, 1.54) is 18.7 Å². The van der Waals surface area contributed by atoms with Crippen LogP contribution in [0.2, 0.25) is 0 Å². The number of rotatable bonds is 3. The van der Waals surface area contributed by atoms with E-state index in [0.717, 1.165) is 25.9 Å². The Kier molecular flexibility index (Phi) is 4.42. The standard InChI is InChI=1S/C20H24FN3O3/c1-3-23-11-15(20(26)27)19(25)14-8-16(21)18(9-17(14)23)24-7-6-12-4-5-13(10-24)22(12)2/h8-9,11-13H,3-7,10H2,1-2H3,(H,26,27)/t12-,13+/m1/s1. The van der Waals surface area contributed by atoms with Crippen LogP contribution in [0.1, 0.15) is 36.5 Å². The monoisotopic (exact) mass is 373 g/mol. The van der Waals surface area contributed by atoms with Gasteiger partial charge in [-0.3, -0.25) is 9.69 Å². The van der Waals surface area contributed by atoms with Crippen LogP contribution in [0.5, 0.6) is 0 Å². The Hall–Kier alpha value is -2.41. The number of halogens is 1. The third kappa shape index (κ3) is 2.90. The zero-order chi connectivity index (χ0) is 19.3. The summed E-state index contributed by atoms with van der Waals surface area (Å²) in [5, 5.41) is 9.39. The van der Waals surface area contributed by atoms with Gasteiger partial charge in [0.15, 0.2) is 0 Å². The number of aryl methyl sites for hydroxylation is 1. The summed E-state index contributed by atoms with van der Waals surface area (Å²) < 4.78 is 16.7. The predicted octanol–water partition coefficient (Wildman–Crippen LogP) is 2.53. The minimum absolute atomic E-state index is 0.117. The van der Waals surface area contributed by atoms with Crippen molar-refractivity contribution in [3.63, 3.8) is 0 Å². The molecule has 0 spiro atoms. The van der Waals surface area contributed by atoms with E-state index >= 15 is 0 Å². The fraction of sp³-hybridized carbons (Fsp3) is 0.500. The normalized spacial score (nSPS) is 23.0. The lowest BCUT2D eigenvalue weighted by atomic mass is 10.1. The lowest BCUT2D eigenvalue weighted by Gasteiger charge is -2.28. The fourth-order valence-electron chi connectivity index (χ4n) is 4.58. The zero-order valence-electron chi connectivity index (χ0n) is 15.6. The van der Waals surface area contributed by atoms with Crippen LogP contribution in [0.4, 0.5) is 10.1 Å². The fourth-order valence-corrected chi connectivity index (χ4v) is 4.58. The van der Waals surface area contributed by atoms with E-state index in [4.69, 9.17) is 0 Å². The summed E-state index contributed by atoms with van der Waals surface area (Å²) in [6, 6.07) is 3.88. The summed E-state index contributed by atoms with van der Waals surface area (Å²) in [7, 11) is 2.14. The van der Waals surface area contributed by atoms with Gasteiger partial charge in [-0.1, -0.05) is 0 Å². The molecule has 4 rings (SSSR count). The summed E-state index contributed by atoms with van der Waals surface area (Å²) >= 11 is 0. The number of aromatic nitrogens is 1. The Labute approximate surface area is 156 Å². The number of benzene rings is 1. The number of aromatic carboxylic acids is 1. The van der Waals surface area contributed by atoms with Gasteiger partial charge in [0.2, 0.25) is 5.43 Å². The van der Waals surface area contributed by atoms with Crippen molar-refractivity contribution < 1.29 is 14.3 Å². The Morgan fingerprint density at radius 3 is 2.70 bits per heavy atom. The molecule has 2 aliphatic heterocycles. The first-order chi connectivity index (χ1) is 12.9. The lowest BCUT2D eigenvalue weighted by Crippen LogP contribution is -2.37. The van der Waals surface area contributed by atoms with Gasteiger partial charge in [-0.05, 0) is 45.4 Å². The predicted molar refractivity (Wildman–Crippen MR) is 102 cm³/mol. The Morgan fingerprint density at radius 2 is 2.00 bits per heavy atom. The number of hydrogen-bond acceptors (Lipinski definition) is 4. The molecule has 1 aromatic heterocycles. The summed E-state index contributed by atoms with van der Waals surface area (Å²) in [6.45, 7) is 3.91. The maximum atomic E-state index is 15.0. The molecule has 144 valence electrons. The van der Waals surface area contributed by atoms with Crippen LogP contribution in [-0.4, -0.2) is 52.8 Å². The summed E-state index contributed by atoms with van der Waals surface area (Å²) in [4.78, 5) is 28.3. The molecule has 3 heterocycles. The van der Waals surface area contributed by atoms with E-state index < -0.39 is 17.2 Å². The van der Waals surface area contributed by atoms with E-state index in [1.807, 2.05) is 6.92 Å². The molecule has 27 heavy (non-hydrogen) atoms. The number of carbonyl (C=O) groups is 1. The topological polar surface area (TPSA) is 65.8 Å². The summed E-state index contributed by atoms with van der Waals surface area (Å²) in [6.07, 6.45) is 4.66. The molecule has 6 nitrogen and oxygen atoms in total. The highest BCUT2D eigenvalue weighted by Crippen LogP contribution is 2.33. The molecule has 0 unspecified atom stereocenters. The van der Waals surface area contributed by atoms with Crippen LogP contribution in [0.25, 0.3) is 10.9 Å². The van der Waals surface area contributed by atoms with Crippen molar-refractivity contribution >= 4 is 22.6 Å². The first kappa shape index (κ1) is 18.0. The molecule has 2 bridgehead atoms. The maximum absolute atomic E-state index is 15.0. The highest BCUT2D eigenvalue weighted by Gasteiger charge is 2.35. The molecular formula is C20H24FN3O3. The first-order valence-electron chi connectivity index (χ1n) is 9.47.